The molecule has 670 valence electrons. The van der Waals surface area contributed by atoms with Gasteiger partial charge in [-0.3, -0.25) is 14.4 Å². The number of benzene rings is 12. The van der Waals surface area contributed by atoms with Crippen LogP contribution in [0.15, 0.2) is 310 Å². The van der Waals surface area contributed by atoms with E-state index in [1.165, 1.54) is 76.5 Å². The summed E-state index contributed by atoms with van der Waals surface area (Å²) in [7, 11) is 0. The van der Waals surface area contributed by atoms with Gasteiger partial charge in [0.15, 0.2) is 17.5 Å². The van der Waals surface area contributed by atoms with Crippen molar-refractivity contribution < 1.29 is 14.4 Å². The standard InChI is InChI=1S/C38H39N7O.C37H37N7O.C35H36N6O/c39-21-9-20-37(46)42-35(22-29-24-41-34-18-6-4-16-32(29)34)38-44-43-36(19-8-12-27-23-40-33-17-5-3-15-31(27)33)45(38)25-28-13-7-11-26-10-1-2-14-30(26)28;38-20-8-17-36(45)41-34(21-28-23-40-33-16-6-4-14-31(28)33)37-43-42-35(19-18-26-22-39-32-15-5-3-13-30(26)32)44(37)24-27-11-7-10-25-9-1-2-12-29(25)27;36-21-9-18-34(42)38-32(22-28-23-37-31-17-7-6-16-30(28)31)35-40-39-33(20-19-25-10-2-1-3-11-25)41(35)24-27-14-8-13-26-12-4-5-15-29(26)27/h1-7,10-11,13-18,23-24,35,40-41H,8-9,12,19-22,25,39H2,(H,42,46);1-7,9-16,22-23,34,39-40H,8,17-21,24,38H2,(H,41,45);1-8,10-17,23,32,37H,9,18-22,24,36H2,(H,38,42)/t35-;34-;32-/m111/s1. The number of nitrogens with two attached hydrogens (primary N) is 3. The van der Waals surface area contributed by atoms with Crippen molar-refractivity contribution in [2.24, 2.45) is 17.2 Å². The molecule has 23 heteroatoms. The number of aromatic amines is 5. The van der Waals surface area contributed by atoms with Crippen molar-refractivity contribution >= 4 is 105 Å². The largest absolute Gasteiger partial charge is 0.361 e. The summed E-state index contributed by atoms with van der Waals surface area (Å²) in [5.41, 5.74) is 33.5. The van der Waals surface area contributed by atoms with E-state index in [9.17, 15) is 14.4 Å². The minimum Gasteiger partial charge on any atom is -0.361 e. The quantitative estimate of drug-likeness (QED) is 0.0173. The van der Waals surface area contributed by atoms with E-state index in [0.29, 0.717) is 103 Å². The molecule has 12 aromatic carbocycles. The van der Waals surface area contributed by atoms with Gasteiger partial charge in [0.25, 0.3) is 0 Å². The summed E-state index contributed by atoms with van der Waals surface area (Å²) in [5.74, 6) is 4.90. The third-order valence-corrected chi connectivity index (χ3v) is 25.5. The molecule has 133 heavy (non-hydrogen) atoms. The Balaban J connectivity index is 0.000000134. The van der Waals surface area contributed by atoms with E-state index >= 15 is 0 Å². The number of carbonyl (C=O) groups excluding carboxylic acids is 3. The number of hydrogen-bond acceptors (Lipinski definition) is 12. The van der Waals surface area contributed by atoms with Crippen molar-refractivity contribution in [2.45, 2.75) is 140 Å². The van der Waals surface area contributed by atoms with Gasteiger partial charge < -0.3 is 71.8 Å². The number of carbonyl (C=O) groups is 3. The molecule has 0 saturated heterocycles. The Kier molecular flexibility index (Phi) is 28.3. The molecule has 0 fully saturated rings. The molecule has 8 heterocycles. The lowest BCUT2D eigenvalue weighted by Crippen LogP contribution is -2.32. The van der Waals surface area contributed by atoms with Gasteiger partial charge in [0.2, 0.25) is 17.7 Å². The Morgan fingerprint density at radius 2 is 0.541 bits per heavy atom. The fraction of sp³-hybridized carbons (Fsp3) is 0.227. The molecule has 0 bridgehead atoms. The van der Waals surface area contributed by atoms with Gasteiger partial charge in [-0.2, -0.15) is 0 Å². The number of aromatic nitrogens is 14. The maximum atomic E-state index is 13.2. The van der Waals surface area contributed by atoms with Crippen molar-refractivity contribution in [3.05, 3.63) is 395 Å². The maximum Gasteiger partial charge on any atom is 0.220 e. The second-order valence-electron chi connectivity index (χ2n) is 34.4. The number of amides is 3. The minimum atomic E-state index is -0.376. The summed E-state index contributed by atoms with van der Waals surface area (Å²) in [6.45, 7) is 3.22. The highest BCUT2D eigenvalue weighted by Crippen LogP contribution is 2.34. The number of aryl methyl sites for hydroxylation is 6. The van der Waals surface area contributed by atoms with E-state index < -0.39 is 0 Å². The third kappa shape index (κ3) is 21.0. The number of nitrogens with zero attached hydrogens (tertiary/aromatic N) is 9. The third-order valence-electron chi connectivity index (χ3n) is 25.5. The Morgan fingerprint density at radius 3 is 0.887 bits per heavy atom. The Labute approximate surface area is 771 Å². The molecule has 8 aromatic heterocycles. The predicted molar refractivity (Wildman–Crippen MR) is 533 cm³/mol. The molecular formula is C110H112N20O3. The van der Waals surface area contributed by atoms with Gasteiger partial charge in [0.05, 0.1) is 37.8 Å². The number of rotatable bonds is 37. The predicted octanol–water partition coefficient (Wildman–Crippen LogP) is 19.0. The summed E-state index contributed by atoms with van der Waals surface area (Å²) in [4.78, 5) is 56.5. The van der Waals surface area contributed by atoms with Crippen LogP contribution in [0.1, 0.15) is 148 Å². The van der Waals surface area contributed by atoms with Gasteiger partial charge in [-0.05, 0) is 177 Å². The normalized spacial score (nSPS) is 12.2. The van der Waals surface area contributed by atoms with Crippen LogP contribution in [0.3, 0.4) is 0 Å². The second kappa shape index (κ2) is 42.6. The number of para-hydroxylation sites is 5. The molecule has 20 aromatic rings. The molecule has 20 rings (SSSR count). The molecule has 0 aliphatic carbocycles. The van der Waals surface area contributed by atoms with Gasteiger partial charge >= 0.3 is 0 Å². The molecule has 3 amide bonds. The zero-order chi connectivity index (χ0) is 90.6. The molecule has 23 nitrogen and oxygen atoms in total. The zero-order valence-corrected chi connectivity index (χ0v) is 74.7. The fourth-order valence-electron chi connectivity index (χ4n) is 18.7. The van der Waals surface area contributed by atoms with Crippen LogP contribution in [0.4, 0.5) is 0 Å². The lowest BCUT2D eigenvalue weighted by atomic mass is 10.0. The maximum absolute atomic E-state index is 13.2. The Bertz CT molecular complexity index is 7330. The molecule has 0 aliphatic heterocycles. The van der Waals surface area contributed by atoms with E-state index in [-0.39, 0.29) is 35.8 Å². The number of H-pyrrole nitrogens is 5. The van der Waals surface area contributed by atoms with E-state index in [1.807, 2.05) is 67.1 Å². The van der Waals surface area contributed by atoms with E-state index in [4.69, 9.17) is 47.8 Å². The molecule has 3 atom stereocenters. The smallest absolute Gasteiger partial charge is 0.220 e. The molecule has 0 unspecified atom stereocenters. The van der Waals surface area contributed by atoms with Crippen molar-refractivity contribution in [2.75, 3.05) is 19.6 Å². The SMILES string of the molecule is NCCCC(=O)N[C@H](Cc1c[nH]c2ccccc12)c1nnc(CCCc2c[nH]c3ccccc23)n1Cc1cccc2ccccc12.NCCCC(=O)N[C@H](Cc1c[nH]c2ccccc12)c1nnc(CCc2c[nH]c3ccccc23)n1Cc1cccc2ccccc12.NCCCC(=O)N[C@H](Cc1c[nH]c2ccccc12)c1nnc(CCc2ccccc2)n1Cc1cccc2ccccc12. The van der Waals surface area contributed by atoms with E-state index in [0.717, 1.165) is 134 Å². The topological polar surface area (TPSA) is 336 Å². The first-order valence-electron chi connectivity index (χ1n) is 46.5. The molecular weight excluding hydrogens is 1650 g/mol. The summed E-state index contributed by atoms with van der Waals surface area (Å²) in [6, 6.07) is 95.5. The van der Waals surface area contributed by atoms with Crippen molar-refractivity contribution in [3.63, 3.8) is 0 Å². The highest BCUT2D eigenvalue weighted by atomic mass is 16.2. The van der Waals surface area contributed by atoms with Crippen LogP contribution >= 0.6 is 0 Å². The number of nitrogens with one attached hydrogen (secondary N) is 8. The summed E-state index contributed by atoms with van der Waals surface area (Å²) in [5, 5.41) is 51.7. The first kappa shape index (κ1) is 88.5. The zero-order valence-electron chi connectivity index (χ0n) is 74.7. The molecule has 0 aliphatic rings. The van der Waals surface area contributed by atoms with Crippen LogP contribution in [-0.2, 0) is 91.8 Å². The van der Waals surface area contributed by atoms with Crippen LogP contribution in [-0.4, -0.2) is 107 Å². The highest BCUT2D eigenvalue weighted by molar-refractivity contribution is 5.90. The van der Waals surface area contributed by atoms with Crippen LogP contribution in [0.2, 0.25) is 0 Å². The summed E-state index contributed by atoms with van der Waals surface area (Å²) < 4.78 is 6.67. The Hall–Kier alpha value is -15.2. The molecule has 0 saturated carbocycles. The van der Waals surface area contributed by atoms with E-state index in [2.05, 4.69) is 297 Å². The molecule has 0 spiro atoms. The van der Waals surface area contributed by atoms with Crippen molar-refractivity contribution in [3.8, 4) is 0 Å². The number of fused-ring (bicyclic) bond motifs is 8. The first-order chi connectivity index (χ1) is 65.5. The second-order valence-corrected chi connectivity index (χ2v) is 34.4. The van der Waals surface area contributed by atoms with Crippen molar-refractivity contribution in [1.29, 1.82) is 0 Å². The molecule has 14 N–H and O–H groups in total. The monoisotopic (exact) mass is 1760 g/mol. The lowest BCUT2D eigenvalue weighted by molar-refractivity contribution is -0.122. The van der Waals surface area contributed by atoms with Crippen LogP contribution in [0.5, 0.6) is 0 Å². The lowest BCUT2D eigenvalue weighted by Gasteiger charge is -2.21. The Morgan fingerprint density at radius 1 is 0.263 bits per heavy atom. The molecule has 0 radical (unpaired) electrons. The average molecular weight is 1760 g/mol. The minimum absolute atomic E-state index is 0.0316. The summed E-state index contributed by atoms with van der Waals surface area (Å²) >= 11 is 0. The van der Waals surface area contributed by atoms with Crippen molar-refractivity contribution in [1.82, 2.24) is 85.2 Å². The van der Waals surface area contributed by atoms with Crippen LogP contribution in [0, 0.1) is 0 Å². The highest BCUT2D eigenvalue weighted by Gasteiger charge is 2.30. The van der Waals surface area contributed by atoms with Gasteiger partial charge in [-0.15, -0.1) is 30.6 Å². The van der Waals surface area contributed by atoms with Gasteiger partial charge in [0.1, 0.15) is 17.5 Å². The number of hydrogen-bond donors (Lipinski definition) is 11. The average Bonchev–Trinajstić information content (AvgIpc) is 1.69. The first-order valence-corrected chi connectivity index (χ1v) is 46.5. The van der Waals surface area contributed by atoms with Crippen LogP contribution < -0.4 is 33.2 Å². The van der Waals surface area contributed by atoms with Gasteiger partial charge in [-0.1, -0.05) is 249 Å². The van der Waals surface area contributed by atoms with Crippen LogP contribution in [0.25, 0.3) is 86.8 Å². The fourth-order valence-corrected chi connectivity index (χ4v) is 18.7. The van der Waals surface area contributed by atoms with Gasteiger partial charge in [-0.25, -0.2) is 0 Å². The van der Waals surface area contributed by atoms with Gasteiger partial charge in [0, 0.05) is 143 Å². The van der Waals surface area contributed by atoms with E-state index in [1.54, 1.807) is 0 Å². The summed E-state index contributed by atoms with van der Waals surface area (Å²) in [6.07, 6.45) is 20.8.